The predicted molar refractivity (Wildman–Crippen MR) is 58.9 cm³/mol. The number of anilines is 1. The monoisotopic (exact) mass is 202 g/mol. The molecule has 1 fully saturated rings. The molecule has 1 aliphatic carbocycles. The van der Waals surface area contributed by atoms with E-state index in [1.54, 1.807) is 0 Å². The number of amides is 1. The van der Waals surface area contributed by atoms with Crippen LogP contribution in [0, 0.1) is 5.92 Å². The van der Waals surface area contributed by atoms with Crippen LogP contribution >= 0.6 is 0 Å². The predicted octanol–water partition coefficient (Wildman–Crippen LogP) is 1.49. The molecule has 1 aliphatic heterocycles. The summed E-state index contributed by atoms with van der Waals surface area (Å²) in [4.78, 5) is 11.0. The zero-order valence-corrected chi connectivity index (χ0v) is 8.71. The minimum Gasteiger partial charge on any atom is -0.384 e. The summed E-state index contributed by atoms with van der Waals surface area (Å²) in [6.07, 6.45) is 1.25. The Bertz CT molecular complexity index is 455. The highest BCUT2D eigenvalue weighted by atomic mass is 16.1. The van der Waals surface area contributed by atoms with Crippen molar-refractivity contribution in [2.75, 3.05) is 11.9 Å². The molecule has 1 heterocycles. The second kappa shape index (κ2) is 2.54. The maximum Gasteiger partial charge on any atom is 0.248 e. The summed E-state index contributed by atoms with van der Waals surface area (Å²) in [5, 5.41) is 3.37. The molecule has 3 N–H and O–H groups in total. The van der Waals surface area contributed by atoms with Gasteiger partial charge in [0.05, 0.1) is 0 Å². The molecule has 3 nitrogen and oxygen atoms in total. The van der Waals surface area contributed by atoms with Crippen molar-refractivity contribution in [2.45, 2.75) is 18.8 Å². The van der Waals surface area contributed by atoms with Crippen LogP contribution < -0.4 is 11.1 Å². The third kappa shape index (κ3) is 1.03. The van der Waals surface area contributed by atoms with Crippen LogP contribution in [0.15, 0.2) is 18.2 Å². The summed E-state index contributed by atoms with van der Waals surface area (Å²) in [6.45, 7) is 3.28. The first-order valence-corrected chi connectivity index (χ1v) is 5.32. The van der Waals surface area contributed by atoms with Gasteiger partial charge in [0.15, 0.2) is 0 Å². The Hall–Kier alpha value is -1.51. The molecule has 1 aromatic rings. The highest BCUT2D eigenvalue weighted by Crippen LogP contribution is 2.58. The molecule has 1 aromatic carbocycles. The summed E-state index contributed by atoms with van der Waals surface area (Å²) in [6, 6.07) is 5.76. The van der Waals surface area contributed by atoms with E-state index in [0.29, 0.717) is 11.0 Å². The number of hydrogen-bond donors (Lipinski definition) is 2. The van der Waals surface area contributed by atoms with E-state index in [2.05, 4.69) is 18.3 Å². The largest absolute Gasteiger partial charge is 0.384 e. The van der Waals surface area contributed by atoms with E-state index in [1.807, 2.05) is 12.1 Å². The van der Waals surface area contributed by atoms with Gasteiger partial charge in [-0.05, 0) is 30.0 Å². The standard InChI is InChI=1S/C12H14N2O/c1-7-5-12(7)6-14-10-4-8(11(13)15)2-3-9(10)12/h2-4,7,14H,5-6H2,1H3,(H2,13,15). The number of fused-ring (bicyclic) bond motifs is 2. The fourth-order valence-corrected chi connectivity index (χ4v) is 2.74. The van der Waals surface area contributed by atoms with Crippen LogP contribution in [-0.4, -0.2) is 12.5 Å². The smallest absolute Gasteiger partial charge is 0.248 e. The van der Waals surface area contributed by atoms with E-state index in [0.717, 1.165) is 18.2 Å². The van der Waals surface area contributed by atoms with Crippen molar-refractivity contribution >= 4 is 11.6 Å². The molecule has 15 heavy (non-hydrogen) atoms. The van der Waals surface area contributed by atoms with Gasteiger partial charge in [-0.3, -0.25) is 4.79 Å². The van der Waals surface area contributed by atoms with E-state index in [4.69, 9.17) is 5.73 Å². The lowest BCUT2D eigenvalue weighted by molar-refractivity contribution is 0.100. The molecule has 0 aromatic heterocycles. The lowest BCUT2D eigenvalue weighted by atomic mass is 9.95. The third-order valence-electron chi connectivity index (χ3n) is 3.89. The number of carbonyl (C=O) groups excluding carboxylic acids is 1. The van der Waals surface area contributed by atoms with Gasteiger partial charge in [-0.25, -0.2) is 0 Å². The molecule has 78 valence electrons. The van der Waals surface area contributed by atoms with Gasteiger partial charge in [-0.15, -0.1) is 0 Å². The first-order valence-electron chi connectivity index (χ1n) is 5.32. The van der Waals surface area contributed by atoms with Crippen molar-refractivity contribution in [1.29, 1.82) is 0 Å². The molecule has 1 spiro atoms. The van der Waals surface area contributed by atoms with Crippen LogP contribution in [0.2, 0.25) is 0 Å². The summed E-state index contributed by atoms with van der Waals surface area (Å²) >= 11 is 0. The van der Waals surface area contributed by atoms with Crippen LogP contribution in [0.1, 0.15) is 29.3 Å². The molecule has 1 saturated carbocycles. The molecule has 3 heteroatoms. The van der Waals surface area contributed by atoms with Crippen LogP contribution in [0.4, 0.5) is 5.69 Å². The average Bonchev–Trinajstić information content (AvgIpc) is 2.70. The Balaban J connectivity index is 2.07. The minimum atomic E-state index is -0.357. The Morgan fingerprint density at radius 2 is 2.33 bits per heavy atom. The molecule has 3 rings (SSSR count). The Labute approximate surface area is 88.7 Å². The molecule has 2 aliphatic rings. The van der Waals surface area contributed by atoms with Crippen LogP contribution in [0.5, 0.6) is 0 Å². The SMILES string of the molecule is CC1CC12CNc1cc(C(N)=O)ccc12. The number of carbonyl (C=O) groups is 1. The van der Waals surface area contributed by atoms with Crippen molar-refractivity contribution in [1.82, 2.24) is 0 Å². The zero-order chi connectivity index (χ0) is 10.6. The summed E-state index contributed by atoms with van der Waals surface area (Å²) < 4.78 is 0. The highest BCUT2D eigenvalue weighted by molar-refractivity contribution is 5.94. The second-order valence-electron chi connectivity index (χ2n) is 4.74. The van der Waals surface area contributed by atoms with Gasteiger partial charge >= 0.3 is 0 Å². The summed E-state index contributed by atoms with van der Waals surface area (Å²) in [5.41, 5.74) is 8.65. The van der Waals surface area contributed by atoms with E-state index in [9.17, 15) is 4.79 Å². The van der Waals surface area contributed by atoms with E-state index < -0.39 is 0 Å². The lowest BCUT2D eigenvalue weighted by Gasteiger charge is -2.07. The van der Waals surface area contributed by atoms with Gasteiger partial charge in [0.1, 0.15) is 0 Å². The Kier molecular flexibility index (Phi) is 1.48. The summed E-state index contributed by atoms with van der Waals surface area (Å²) in [7, 11) is 0. The molecule has 2 unspecified atom stereocenters. The first-order chi connectivity index (χ1) is 7.13. The summed E-state index contributed by atoms with van der Waals surface area (Å²) in [5.74, 6) is 0.398. The third-order valence-corrected chi connectivity index (χ3v) is 3.89. The maximum atomic E-state index is 11.0. The van der Waals surface area contributed by atoms with Crippen LogP contribution in [0.3, 0.4) is 0 Å². The van der Waals surface area contributed by atoms with Gasteiger partial charge in [-0.1, -0.05) is 13.0 Å². The van der Waals surface area contributed by atoms with Gasteiger partial charge < -0.3 is 11.1 Å². The Morgan fingerprint density at radius 3 is 2.93 bits per heavy atom. The van der Waals surface area contributed by atoms with Crippen molar-refractivity contribution in [2.24, 2.45) is 11.7 Å². The van der Waals surface area contributed by atoms with Crippen molar-refractivity contribution < 1.29 is 4.79 Å². The molecule has 0 saturated heterocycles. The average molecular weight is 202 g/mol. The fourth-order valence-electron chi connectivity index (χ4n) is 2.74. The lowest BCUT2D eigenvalue weighted by Crippen LogP contribution is -2.12. The molecular weight excluding hydrogens is 188 g/mol. The van der Waals surface area contributed by atoms with Crippen LogP contribution in [0.25, 0.3) is 0 Å². The van der Waals surface area contributed by atoms with Crippen molar-refractivity contribution in [3.05, 3.63) is 29.3 Å². The normalized spacial score (nSPS) is 31.1. The highest BCUT2D eigenvalue weighted by Gasteiger charge is 2.55. The first kappa shape index (κ1) is 8.77. The van der Waals surface area contributed by atoms with Crippen molar-refractivity contribution in [3.63, 3.8) is 0 Å². The molecule has 0 radical (unpaired) electrons. The Morgan fingerprint density at radius 1 is 1.60 bits per heavy atom. The van der Waals surface area contributed by atoms with Gasteiger partial charge in [0, 0.05) is 23.2 Å². The topological polar surface area (TPSA) is 55.1 Å². The van der Waals surface area contributed by atoms with E-state index >= 15 is 0 Å². The number of rotatable bonds is 1. The second-order valence-corrected chi connectivity index (χ2v) is 4.74. The van der Waals surface area contributed by atoms with Crippen molar-refractivity contribution in [3.8, 4) is 0 Å². The number of hydrogen-bond acceptors (Lipinski definition) is 2. The molecular formula is C12H14N2O. The van der Waals surface area contributed by atoms with E-state index in [-0.39, 0.29) is 5.91 Å². The molecule has 0 bridgehead atoms. The number of primary amides is 1. The van der Waals surface area contributed by atoms with Gasteiger partial charge in [0.2, 0.25) is 5.91 Å². The maximum absolute atomic E-state index is 11.0. The van der Waals surface area contributed by atoms with Crippen LogP contribution in [-0.2, 0) is 5.41 Å². The van der Waals surface area contributed by atoms with Gasteiger partial charge in [0.25, 0.3) is 0 Å². The molecule has 2 atom stereocenters. The zero-order valence-electron chi connectivity index (χ0n) is 8.71. The minimum absolute atomic E-state index is 0.353. The fraction of sp³-hybridized carbons (Fsp3) is 0.417. The quantitative estimate of drug-likeness (QED) is 0.725. The number of nitrogens with one attached hydrogen (secondary N) is 1. The molecule has 1 amide bonds. The van der Waals surface area contributed by atoms with Gasteiger partial charge in [-0.2, -0.15) is 0 Å². The number of nitrogens with two attached hydrogens (primary N) is 1. The van der Waals surface area contributed by atoms with E-state index in [1.165, 1.54) is 12.0 Å². The number of benzene rings is 1.